The van der Waals surface area contributed by atoms with Gasteiger partial charge in [0.1, 0.15) is 5.84 Å². The van der Waals surface area contributed by atoms with Gasteiger partial charge >= 0.3 is 12.0 Å². The third kappa shape index (κ3) is 6.39. The zero-order valence-corrected chi connectivity index (χ0v) is 10.6. The molecule has 19 heavy (non-hydrogen) atoms. The maximum Gasteiger partial charge on any atom is 0.324 e. The molecule has 0 spiro atoms. The predicted octanol–water partition coefficient (Wildman–Crippen LogP) is 1.11. The van der Waals surface area contributed by atoms with Gasteiger partial charge in [-0.1, -0.05) is 17.7 Å². The van der Waals surface area contributed by atoms with E-state index >= 15 is 0 Å². The van der Waals surface area contributed by atoms with Crippen LogP contribution >= 0.6 is 11.6 Å². The fourth-order valence-corrected chi connectivity index (χ4v) is 1.39. The summed E-state index contributed by atoms with van der Waals surface area (Å²) in [6.07, 6.45) is 0. The predicted molar refractivity (Wildman–Crippen MR) is 71.8 cm³/mol. The third-order valence-corrected chi connectivity index (χ3v) is 2.16. The minimum Gasteiger partial charge on any atom is -0.480 e. The second-order valence-corrected chi connectivity index (χ2v) is 4.00. The highest BCUT2D eigenvalue weighted by Crippen LogP contribution is 2.14. The monoisotopic (exact) mass is 284 g/mol. The summed E-state index contributed by atoms with van der Waals surface area (Å²) in [5.74, 6) is -1.17. The number of carbonyl (C=O) groups is 2. The minimum atomic E-state index is -1.03. The van der Waals surface area contributed by atoms with Crippen LogP contribution in [0.2, 0.25) is 5.02 Å². The van der Waals surface area contributed by atoms with Gasteiger partial charge in [0.25, 0.3) is 0 Å². The molecule has 0 aliphatic rings. The summed E-state index contributed by atoms with van der Waals surface area (Å²) in [6, 6.07) is 5.97. The number of benzene rings is 1. The molecule has 0 saturated carbocycles. The standard InChI is InChI=1S/C11H13ClN4O3/c12-7-2-1-3-8(4-7)15-11(19)16-9(13)5-14-6-10(17)18/h1-4,14H,5-6H2,(H,17,18)(H3,13,15,16,19). The molecule has 5 N–H and O–H groups in total. The zero-order chi connectivity index (χ0) is 14.3. The van der Waals surface area contributed by atoms with Crippen molar-refractivity contribution in [1.29, 1.82) is 5.41 Å². The molecule has 1 aromatic rings. The smallest absolute Gasteiger partial charge is 0.324 e. The summed E-state index contributed by atoms with van der Waals surface area (Å²) in [5, 5.41) is 23.5. The maximum atomic E-state index is 11.5. The molecule has 0 radical (unpaired) electrons. The second-order valence-electron chi connectivity index (χ2n) is 3.57. The molecular weight excluding hydrogens is 272 g/mol. The number of hydrogen-bond acceptors (Lipinski definition) is 4. The van der Waals surface area contributed by atoms with Gasteiger partial charge in [0.15, 0.2) is 0 Å². The number of carbonyl (C=O) groups excluding carboxylic acids is 1. The van der Waals surface area contributed by atoms with Gasteiger partial charge in [-0.2, -0.15) is 0 Å². The molecule has 0 aliphatic carbocycles. The Labute approximate surface area is 114 Å². The van der Waals surface area contributed by atoms with E-state index < -0.39 is 12.0 Å². The number of nitrogens with one attached hydrogen (secondary N) is 4. The number of urea groups is 1. The lowest BCUT2D eigenvalue weighted by Crippen LogP contribution is -2.40. The van der Waals surface area contributed by atoms with Crippen molar-refractivity contribution in [1.82, 2.24) is 10.6 Å². The fourth-order valence-electron chi connectivity index (χ4n) is 1.20. The fraction of sp³-hybridized carbons (Fsp3) is 0.182. The highest BCUT2D eigenvalue weighted by Gasteiger charge is 2.05. The van der Waals surface area contributed by atoms with Crippen molar-refractivity contribution in [3.63, 3.8) is 0 Å². The van der Waals surface area contributed by atoms with Crippen LogP contribution in [0.3, 0.4) is 0 Å². The topological polar surface area (TPSA) is 114 Å². The van der Waals surface area contributed by atoms with E-state index in [1.54, 1.807) is 24.3 Å². The summed E-state index contributed by atoms with van der Waals surface area (Å²) in [6.45, 7) is -0.324. The van der Waals surface area contributed by atoms with Gasteiger partial charge in [0.05, 0.1) is 13.1 Å². The Balaban J connectivity index is 2.34. The van der Waals surface area contributed by atoms with E-state index in [1.165, 1.54) is 0 Å². The van der Waals surface area contributed by atoms with Gasteiger partial charge in [0, 0.05) is 10.7 Å². The van der Waals surface area contributed by atoms with E-state index in [2.05, 4.69) is 16.0 Å². The van der Waals surface area contributed by atoms with Crippen LogP contribution < -0.4 is 16.0 Å². The van der Waals surface area contributed by atoms with Crippen LogP contribution in [0.25, 0.3) is 0 Å². The Kier molecular flexibility index (Phi) is 5.77. The van der Waals surface area contributed by atoms with E-state index in [-0.39, 0.29) is 18.9 Å². The van der Waals surface area contributed by atoms with Crippen LogP contribution in [0.4, 0.5) is 10.5 Å². The van der Waals surface area contributed by atoms with E-state index in [4.69, 9.17) is 22.1 Å². The van der Waals surface area contributed by atoms with Gasteiger partial charge in [0.2, 0.25) is 0 Å². The number of carboxylic acids is 1. The summed E-state index contributed by atoms with van der Waals surface area (Å²) in [4.78, 5) is 21.7. The Morgan fingerprint density at radius 3 is 2.68 bits per heavy atom. The van der Waals surface area contributed by atoms with Crippen molar-refractivity contribution in [2.45, 2.75) is 0 Å². The van der Waals surface area contributed by atoms with Crippen LogP contribution in [0.5, 0.6) is 0 Å². The molecule has 0 fully saturated rings. The molecule has 0 heterocycles. The Bertz CT molecular complexity index is 493. The van der Waals surface area contributed by atoms with Crippen molar-refractivity contribution in [3.8, 4) is 0 Å². The van der Waals surface area contributed by atoms with E-state index in [0.717, 1.165) is 0 Å². The number of hydrogen-bond donors (Lipinski definition) is 5. The zero-order valence-electron chi connectivity index (χ0n) is 9.87. The highest BCUT2D eigenvalue weighted by atomic mass is 35.5. The van der Waals surface area contributed by atoms with E-state index in [0.29, 0.717) is 10.7 Å². The van der Waals surface area contributed by atoms with Crippen LogP contribution in [0, 0.1) is 5.41 Å². The molecule has 0 saturated heterocycles. The summed E-state index contributed by atoms with van der Waals surface area (Å²) in [7, 11) is 0. The summed E-state index contributed by atoms with van der Waals surface area (Å²) in [5.41, 5.74) is 0.497. The first-order valence-electron chi connectivity index (χ1n) is 5.31. The number of carboxylic acid groups (broad SMARTS) is 1. The Morgan fingerprint density at radius 2 is 2.05 bits per heavy atom. The quantitative estimate of drug-likeness (QED) is 0.411. The molecule has 0 atom stereocenters. The molecule has 0 bridgehead atoms. The molecule has 1 aromatic carbocycles. The minimum absolute atomic E-state index is 0.0464. The molecular formula is C11H13ClN4O3. The molecule has 8 heteroatoms. The first-order valence-corrected chi connectivity index (χ1v) is 5.68. The van der Waals surface area contributed by atoms with Crippen LogP contribution in [0.15, 0.2) is 24.3 Å². The van der Waals surface area contributed by atoms with Crippen LogP contribution in [-0.2, 0) is 4.79 Å². The number of amides is 2. The number of halogens is 1. The van der Waals surface area contributed by atoms with Gasteiger partial charge in [-0.05, 0) is 18.2 Å². The Morgan fingerprint density at radius 1 is 1.32 bits per heavy atom. The molecule has 102 valence electrons. The average Bonchev–Trinajstić information content (AvgIpc) is 2.27. The average molecular weight is 285 g/mol. The van der Waals surface area contributed by atoms with Crippen LogP contribution in [-0.4, -0.2) is 36.0 Å². The lowest BCUT2D eigenvalue weighted by Gasteiger charge is -2.09. The second kappa shape index (κ2) is 7.34. The molecule has 0 unspecified atom stereocenters. The molecule has 1 rings (SSSR count). The number of amidine groups is 1. The number of anilines is 1. The largest absolute Gasteiger partial charge is 0.480 e. The van der Waals surface area contributed by atoms with E-state index in [1.807, 2.05) is 0 Å². The lowest BCUT2D eigenvalue weighted by molar-refractivity contribution is -0.135. The van der Waals surface area contributed by atoms with Crippen molar-refractivity contribution >= 4 is 35.1 Å². The first kappa shape index (κ1) is 14.9. The first-order chi connectivity index (χ1) is 8.97. The van der Waals surface area contributed by atoms with Gasteiger partial charge in [-0.25, -0.2) is 4.79 Å². The Hall–Kier alpha value is -2.12. The highest BCUT2D eigenvalue weighted by molar-refractivity contribution is 6.30. The van der Waals surface area contributed by atoms with Crippen LogP contribution in [0.1, 0.15) is 0 Å². The van der Waals surface area contributed by atoms with Crippen molar-refractivity contribution < 1.29 is 14.7 Å². The van der Waals surface area contributed by atoms with Gasteiger partial charge in [-0.15, -0.1) is 0 Å². The van der Waals surface area contributed by atoms with Gasteiger partial charge in [-0.3, -0.25) is 20.8 Å². The molecule has 0 aromatic heterocycles. The summed E-state index contributed by atoms with van der Waals surface area (Å²) >= 11 is 5.75. The molecule has 7 nitrogen and oxygen atoms in total. The van der Waals surface area contributed by atoms with Crippen molar-refractivity contribution in [2.75, 3.05) is 18.4 Å². The summed E-state index contributed by atoms with van der Waals surface area (Å²) < 4.78 is 0. The van der Waals surface area contributed by atoms with E-state index in [9.17, 15) is 9.59 Å². The molecule has 2 amide bonds. The normalized spacial score (nSPS) is 9.74. The van der Waals surface area contributed by atoms with Crippen molar-refractivity contribution in [2.24, 2.45) is 0 Å². The third-order valence-electron chi connectivity index (χ3n) is 1.92. The number of rotatable bonds is 5. The lowest BCUT2D eigenvalue weighted by atomic mass is 10.3. The van der Waals surface area contributed by atoms with Crippen molar-refractivity contribution in [3.05, 3.63) is 29.3 Å². The number of aliphatic carboxylic acids is 1. The maximum absolute atomic E-state index is 11.5. The SMILES string of the molecule is N=C(CNCC(=O)O)NC(=O)Nc1cccc(Cl)c1. The van der Waals surface area contributed by atoms with Gasteiger partial charge < -0.3 is 10.4 Å². The molecule has 0 aliphatic heterocycles.